The number of benzene rings is 2. The fraction of sp³-hybridized carbons (Fsp3) is 0.333. The number of hydrogen-bond donors (Lipinski definition) is 1. The van der Waals surface area contributed by atoms with Crippen LogP contribution < -0.4 is 4.74 Å². The van der Waals surface area contributed by atoms with E-state index >= 15 is 0 Å². The van der Waals surface area contributed by atoms with Crippen molar-refractivity contribution in [3.8, 4) is 5.75 Å². The summed E-state index contributed by atoms with van der Waals surface area (Å²) in [7, 11) is 1.66. The number of rotatable bonds is 2. The van der Waals surface area contributed by atoms with Crippen LogP contribution in [0, 0.1) is 6.92 Å². The van der Waals surface area contributed by atoms with Crippen LogP contribution in [-0.2, 0) is 18.4 Å². The molecule has 2 aromatic rings. The van der Waals surface area contributed by atoms with E-state index in [9.17, 15) is 5.11 Å². The van der Waals surface area contributed by atoms with Crippen molar-refractivity contribution >= 4 is 15.9 Å². The van der Waals surface area contributed by atoms with Crippen molar-refractivity contribution in [3.63, 3.8) is 0 Å². The summed E-state index contributed by atoms with van der Waals surface area (Å²) in [6.45, 7) is 2.03. The summed E-state index contributed by atoms with van der Waals surface area (Å²) < 4.78 is 6.36. The number of aliphatic hydroxyl groups is 1. The summed E-state index contributed by atoms with van der Waals surface area (Å²) in [5.41, 5.74) is 3.88. The van der Waals surface area contributed by atoms with Gasteiger partial charge in [-0.3, -0.25) is 0 Å². The van der Waals surface area contributed by atoms with Gasteiger partial charge in [0.2, 0.25) is 0 Å². The highest BCUT2D eigenvalue weighted by molar-refractivity contribution is 9.10. The first-order chi connectivity index (χ1) is 10.0. The van der Waals surface area contributed by atoms with Crippen molar-refractivity contribution in [3.05, 3.63) is 63.1 Å². The fourth-order valence-electron chi connectivity index (χ4n) is 3.26. The zero-order chi connectivity index (χ0) is 15.0. The van der Waals surface area contributed by atoms with Crippen LogP contribution >= 0.6 is 15.9 Å². The highest BCUT2D eigenvalue weighted by Crippen LogP contribution is 2.39. The third-order valence-electron chi connectivity index (χ3n) is 4.39. The molecular formula is C18H19BrO2. The minimum absolute atomic E-state index is 0.669. The van der Waals surface area contributed by atoms with Crippen LogP contribution in [0.4, 0.5) is 0 Å². The Labute approximate surface area is 133 Å². The van der Waals surface area contributed by atoms with E-state index in [-0.39, 0.29) is 0 Å². The second kappa shape index (κ2) is 5.47. The lowest BCUT2D eigenvalue weighted by Crippen LogP contribution is -2.33. The molecule has 1 aliphatic carbocycles. The first-order valence-corrected chi connectivity index (χ1v) is 7.96. The summed E-state index contributed by atoms with van der Waals surface area (Å²) in [6.07, 6.45) is 2.32. The monoisotopic (exact) mass is 346 g/mol. The van der Waals surface area contributed by atoms with Gasteiger partial charge in [0.15, 0.2) is 0 Å². The van der Waals surface area contributed by atoms with Crippen LogP contribution in [0.25, 0.3) is 0 Å². The molecule has 0 amide bonds. The molecule has 0 aromatic heterocycles. The highest BCUT2D eigenvalue weighted by atomic mass is 79.9. The number of halogens is 1. The molecule has 0 saturated heterocycles. The zero-order valence-electron chi connectivity index (χ0n) is 12.3. The van der Waals surface area contributed by atoms with Gasteiger partial charge in [0.25, 0.3) is 0 Å². The van der Waals surface area contributed by atoms with Crippen LogP contribution in [0.5, 0.6) is 5.75 Å². The van der Waals surface area contributed by atoms with E-state index in [4.69, 9.17) is 4.74 Å². The van der Waals surface area contributed by atoms with Crippen molar-refractivity contribution in [2.75, 3.05) is 7.11 Å². The molecule has 2 nitrogen and oxygen atoms in total. The Morgan fingerprint density at radius 2 is 1.95 bits per heavy atom. The van der Waals surface area contributed by atoms with Gasteiger partial charge in [-0.05, 0) is 66.3 Å². The summed E-state index contributed by atoms with van der Waals surface area (Å²) in [4.78, 5) is 0. The smallest absolute Gasteiger partial charge is 0.119 e. The number of methoxy groups -OCH3 is 1. The molecule has 1 aliphatic rings. The van der Waals surface area contributed by atoms with E-state index in [1.165, 1.54) is 11.1 Å². The van der Waals surface area contributed by atoms with E-state index in [0.717, 1.165) is 34.2 Å². The Balaban J connectivity index is 1.97. The lowest BCUT2D eigenvalue weighted by atomic mass is 9.75. The van der Waals surface area contributed by atoms with E-state index in [0.29, 0.717) is 6.42 Å². The molecule has 0 spiro atoms. The molecule has 1 N–H and O–H groups in total. The maximum atomic E-state index is 11.2. The minimum atomic E-state index is -0.781. The Kier molecular flexibility index (Phi) is 3.80. The average molecular weight is 347 g/mol. The lowest BCUT2D eigenvalue weighted by Gasteiger charge is -2.35. The maximum absolute atomic E-state index is 11.2. The Morgan fingerprint density at radius 3 is 2.67 bits per heavy atom. The van der Waals surface area contributed by atoms with Gasteiger partial charge in [0.1, 0.15) is 5.75 Å². The molecule has 3 rings (SSSR count). The van der Waals surface area contributed by atoms with Crippen LogP contribution in [0.1, 0.15) is 28.7 Å². The van der Waals surface area contributed by atoms with Gasteiger partial charge in [-0.25, -0.2) is 0 Å². The van der Waals surface area contributed by atoms with Crippen molar-refractivity contribution in [1.29, 1.82) is 0 Å². The van der Waals surface area contributed by atoms with Crippen molar-refractivity contribution in [1.82, 2.24) is 0 Å². The topological polar surface area (TPSA) is 29.5 Å². The normalized spacial score (nSPS) is 21.0. The average Bonchev–Trinajstić information content (AvgIpc) is 2.47. The Hall–Kier alpha value is -1.32. The molecule has 0 aliphatic heterocycles. The molecule has 2 aromatic carbocycles. The lowest BCUT2D eigenvalue weighted by molar-refractivity contribution is 0.0216. The summed E-state index contributed by atoms with van der Waals surface area (Å²) in [5, 5.41) is 11.2. The van der Waals surface area contributed by atoms with E-state index in [1.54, 1.807) is 7.11 Å². The van der Waals surface area contributed by atoms with Gasteiger partial charge in [0, 0.05) is 10.9 Å². The van der Waals surface area contributed by atoms with Crippen molar-refractivity contribution in [2.45, 2.75) is 31.8 Å². The molecule has 0 fully saturated rings. The van der Waals surface area contributed by atoms with E-state index < -0.39 is 5.60 Å². The molecule has 21 heavy (non-hydrogen) atoms. The quantitative estimate of drug-likeness (QED) is 0.885. The maximum Gasteiger partial charge on any atom is 0.119 e. The summed E-state index contributed by atoms with van der Waals surface area (Å²) in [6, 6.07) is 12.2. The van der Waals surface area contributed by atoms with Crippen molar-refractivity contribution in [2.24, 2.45) is 0 Å². The molecule has 0 radical (unpaired) electrons. The predicted molar refractivity (Wildman–Crippen MR) is 87.8 cm³/mol. The second-order valence-corrected chi connectivity index (χ2v) is 6.72. The summed E-state index contributed by atoms with van der Waals surface area (Å²) >= 11 is 3.51. The van der Waals surface area contributed by atoms with Crippen molar-refractivity contribution < 1.29 is 9.84 Å². The first kappa shape index (κ1) is 14.6. The third-order valence-corrected chi connectivity index (χ3v) is 4.89. The zero-order valence-corrected chi connectivity index (χ0v) is 13.9. The van der Waals surface area contributed by atoms with Crippen LogP contribution in [0.3, 0.4) is 0 Å². The van der Waals surface area contributed by atoms with Crippen LogP contribution in [0.15, 0.2) is 40.9 Å². The molecule has 0 saturated carbocycles. The van der Waals surface area contributed by atoms with Gasteiger partial charge in [0.05, 0.1) is 12.7 Å². The van der Waals surface area contributed by atoms with Gasteiger partial charge in [-0.15, -0.1) is 0 Å². The molecule has 110 valence electrons. The number of fused-ring (bicyclic) bond motifs is 1. The standard InChI is InChI=1S/C18H19BrO2/c1-12-9-16(21-2)5-6-17(12)18(20)8-7-13-10-15(19)4-3-14(13)11-18/h3-6,9-10,20H,7-8,11H2,1-2H3. The Morgan fingerprint density at radius 1 is 1.14 bits per heavy atom. The predicted octanol–water partition coefficient (Wildman–Crippen LogP) is 4.14. The molecule has 1 unspecified atom stereocenters. The number of aryl methyl sites for hydroxylation is 2. The molecule has 3 heteroatoms. The molecule has 1 atom stereocenters. The molecular weight excluding hydrogens is 328 g/mol. The fourth-order valence-corrected chi connectivity index (χ4v) is 3.67. The SMILES string of the molecule is COc1ccc(C2(O)CCc3cc(Br)ccc3C2)c(C)c1. The largest absolute Gasteiger partial charge is 0.497 e. The van der Waals surface area contributed by atoms with Crippen LogP contribution in [0.2, 0.25) is 0 Å². The third kappa shape index (κ3) is 2.72. The minimum Gasteiger partial charge on any atom is -0.497 e. The van der Waals surface area contributed by atoms with E-state index in [1.807, 2.05) is 31.2 Å². The number of hydrogen-bond acceptors (Lipinski definition) is 2. The molecule has 0 heterocycles. The van der Waals surface area contributed by atoms with Crippen LogP contribution in [-0.4, -0.2) is 12.2 Å². The van der Waals surface area contributed by atoms with Gasteiger partial charge < -0.3 is 9.84 Å². The first-order valence-electron chi connectivity index (χ1n) is 7.17. The van der Waals surface area contributed by atoms with Gasteiger partial charge in [-0.1, -0.05) is 28.1 Å². The highest BCUT2D eigenvalue weighted by Gasteiger charge is 2.35. The molecule has 0 bridgehead atoms. The second-order valence-electron chi connectivity index (χ2n) is 5.80. The number of ether oxygens (including phenoxy) is 1. The summed E-state index contributed by atoms with van der Waals surface area (Å²) in [5.74, 6) is 0.833. The van der Waals surface area contributed by atoms with Gasteiger partial charge in [-0.2, -0.15) is 0 Å². The van der Waals surface area contributed by atoms with E-state index in [2.05, 4.69) is 28.1 Å². The van der Waals surface area contributed by atoms with Gasteiger partial charge >= 0.3 is 0 Å². The Bertz CT molecular complexity index is 681.